The fourth-order valence-electron chi connectivity index (χ4n) is 4.28. The van der Waals surface area contributed by atoms with Gasteiger partial charge in [0.25, 0.3) is 5.91 Å². The number of nitrogens with zero attached hydrogens (tertiary/aromatic N) is 5. The molecule has 2 aliphatic heterocycles. The lowest BCUT2D eigenvalue weighted by molar-refractivity contribution is -0.594. The van der Waals surface area contributed by atoms with Gasteiger partial charge >= 0.3 is 0 Å². The first-order valence-corrected chi connectivity index (χ1v) is 14.3. The van der Waals surface area contributed by atoms with E-state index in [0.717, 1.165) is 33.7 Å². The number of aromatic nitrogens is 3. The molecular weight excluding hydrogens is 598 g/mol. The summed E-state index contributed by atoms with van der Waals surface area (Å²) >= 11 is 2.36. The highest BCUT2D eigenvalue weighted by Gasteiger charge is 2.58. The van der Waals surface area contributed by atoms with Crippen LogP contribution in [0.1, 0.15) is 12.7 Å². The molecule has 0 saturated carbocycles. The number of phenolic OH excluding ortho intramolecular Hbond substituents is 2. The monoisotopic (exact) mass is 621 g/mol. The molecule has 0 radical (unpaired) electrons. The van der Waals surface area contributed by atoms with Gasteiger partial charge in [-0.3, -0.25) is 9.59 Å². The minimum absolute atomic E-state index is 0.00637. The second-order valence-corrected chi connectivity index (χ2v) is 11.3. The Morgan fingerprint density at radius 1 is 1.21 bits per heavy atom. The number of hydrogen-bond donors (Lipinski definition) is 4. The molecule has 2 aromatic heterocycles. The molecule has 0 unspecified atom stereocenters. The van der Waals surface area contributed by atoms with Gasteiger partial charge in [0.2, 0.25) is 23.1 Å². The number of carboxylic acids is 1. The van der Waals surface area contributed by atoms with Gasteiger partial charge in [0.1, 0.15) is 10.8 Å². The molecule has 2 aliphatic rings. The molecular formula is C27H23N7O7S2. The standard InChI is InChI=1S/C19H14N6O4S.C8H9NO3S/c20-17(28)16(18-22-19(21)30-24-18)23-29-13-3-1-2-12(8-13)25-5-4-10-6-14(26)15(27)7-11(10)9-25;1-8(7(11)12)5(10)9-3-2-4-13-6(8)9/h1-9H,(H5,20,21,22,24,27,28);2-3,6H,4H2,1H3,(H,11,12)/b23-16+;/t;6-,8+/m.1/s1. The lowest BCUT2D eigenvalue weighted by Gasteiger charge is -2.54. The Balaban J connectivity index is 0.000000235. The normalized spacial score (nSPS) is 19.2. The molecule has 0 spiro atoms. The van der Waals surface area contributed by atoms with Gasteiger partial charge in [0.05, 0.1) is 17.4 Å². The number of nitrogen functional groups attached to an aromatic ring is 1. The molecule has 16 heteroatoms. The summed E-state index contributed by atoms with van der Waals surface area (Å²) in [6.45, 7) is 1.43. The third-order valence-electron chi connectivity index (χ3n) is 6.58. The predicted octanol–water partition coefficient (Wildman–Crippen LogP) is 0.401. The number of anilines is 1. The topological polar surface area (TPSA) is 221 Å². The van der Waals surface area contributed by atoms with E-state index in [9.17, 15) is 29.7 Å². The maximum Gasteiger partial charge on any atom is 0.274 e. The summed E-state index contributed by atoms with van der Waals surface area (Å²) in [5.41, 5.74) is 10.0. The number of aliphatic carboxylic acids is 1. The van der Waals surface area contributed by atoms with E-state index in [-0.39, 0.29) is 39.4 Å². The van der Waals surface area contributed by atoms with E-state index in [2.05, 4.69) is 14.5 Å². The van der Waals surface area contributed by atoms with E-state index >= 15 is 0 Å². The van der Waals surface area contributed by atoms with Gasteiger partial charge in [0, 0.05) is 35.6 Å². The SMILES string of the molecule is C[C@]1(C(=O)[O-])C(=O)N2C=CCS[C@@H]21.NC(=O)/C(=N\Oc1cccc(-[n+]2ccc3cc(O)c(O)cc3c2)c1)c1nsc(N)n1. The van der Waals surface area contributed by atoms with Crippen LogP contribution in [0.25, 0.3) is 16.5 Å². The Morgan fingerprint density at radius 3 is 2.63 bits per heavy atom. The molecule has 14 nitrogen and oxygen atoms in total. The van der Waals surface area contributed by atoms with Gasteiger partial charge in [-0.25, -0.2) is 0 Å². The third kappa shape index (κ3) is 5.64. The molecule has 2 atom stereocenters. The lowest BCUT2D eigenvalue weighted by atomic mass is 9.80. The summed E-state index contributed by atoms with van der Waals surface area (Å²) in [6, 6.07) is 11.7. The fourth-order valence-corrected chi connectivity index (χ4v) is 5.95. The molecule has 4 heterocycles. The molecule has 220 valence electrons. The second kappa shape index (κ2) is 11.6. The first kappa shape index (κ1) is 29.3. The Hall–Kier alpha value is -5.22. The number of carboxylic acid groups (broad SMARTS) is 1. The number of phenols is 2. The van der Waals surface area contributed by atoms with Crippen LogP contribution < -0.4 is 26.0 Å². The van der Waals surface area contributed by atoms with Crippen molar-refractivity contribution >= 4 is 62.7 Å². The van der Waals surface area contributed by atoms with E-state index in [1.54, 1.807) is 47.4 Å². The number of rotatable bonds is 6. The van der Waals surface area contributed by atoms with Crippen LogP contribution in [-0.4, -0.2) is 59.1 Å². The highest BCUT2D eigenvalue weighted by atomic mass is 32.2. The number of amides is 2. The summed E-state index contributed by atoms with van der Waals surface area (Å²) in [5.74, 6) is -1.81. The van der Waals surface area contributed by atoms with Crippen LogP contribution in [-0.2, 0) is 14.4 Å². The second-order valence-electron chi connectivity index (χ2n) is 9.44. The van der Waals surface area contributed by atoms with Crippen molar-refractivity contribution in [2.24, 2.45) is 16.3 Å². The van der Waals surface area contributed by atoms with Gasteiger partial charge in [0.15, 0.2) is 34.8 Å². The van der Waals surface area contributed by atoms with Crippen molar-refractivity contribution in [1.29, 1.82) is 0 Å². The first-order chi connectivity index (χ1) is 20.5. The van der Waals surface area contributed by atoms with Crippen molar-refractivity contribution in [3.63, 3.8) is 0 Å². The number of fused-ring (bicyclic) bond motifs is 2. The zero-order valence-corrected chi connectivity index (χ0v) is 23.9. The Bertz CT molecular complexity index is 1830. The summed E-state index contributed by atoms with van der Waals surface area (Å²) < 4.78 is 5.71. The summed E-state index contributed by atoms with van der Waals surface area (Å²) in [5, 5.41) is 35.3. The number of primary amides is 1. The van der Waals surface area contributed by atoms with E-state index in [1.165, 1.54) is 35.7 Å². The van der Waals surface area contributed by atoms with Gasteiger partial charge in [-0.2, -0.15) is 13.9 Å². The molecule has 4 aromatic rings. The molecule has 2 aromatic carbocycles. The minimum Gasteiger partial charge on any atom is -0.549 e. The van der Waals surface area contributed by atoms with Crippen LogP contribution in [0, 0.1) is 5.41 Å². The average Bonchev–Trinajstić information content (AvgIpc) is 3.42. The van der Waals surface area contributed by atoms with E-state index < -0.39 is 17.3 Å². The fraction of sp³-hybridized carbons (Fsp3) is 0.148. The van der Waals surface area contributed by atoms with Crippen molar-refractivity contribution in [1.82, 2.24) is 14.3 Å². The molecule has 1 fully saturated rings. The number of thioether (sulfide) groups is 1. The smallest absolute Gasteiger partial charge is 0.274 e. The third-order valence-corrected chi connectivity index (χ3v) is 8.53. The number of carbonyl (C=O) groups excluding carboxylic acids is 3. The molecule has 2 amide bonds. The summed E-state index contributed by atoms with van der Waals surface area (Å²) in [4.78, 5) is 44.5. The van der Waals surface area contributed by atoms with Crippen molar-refractivity contribution in [3.8, 4) is 22.9 Å². The highest BCUT2D eigenvalue weighted by molar-refractivity contribution is 8.00. The maximum absolute atomic E-state index is 11.6. The minimum atomic E-state index is -1.32. The number of carbonyl (C=O) groups is 3. The average molecular weight is 622 g/mol. The Morgan fingerprint density at radius 2 is 1.95 bits per heavy atom. The largest absolute Gasteiger partial charge is 0.549 e. The zero-order chi connectivity index (χ0) is 30.9. The van der Waals surface area contributed by atoms with E-state index in [1.807, 2.05) is 12.1 Å². The van der Waals surface area contributed by atoms with E-state index in [4.69, 9.17) is 16.3 Å². The van der Waals surface area contributed by atoms with Crippen molar-refractivity contribution in [2.45, 2.75) is 12.3 Å². The number of aromatic hydroxyl groups is 2. The summed E-state index contributed by atoms with van der Waals surface area (Å²) in [7, 11) is 0. The van der Waals surface area contributed by atoms with Crippen LogP contribution in [0.3, 0.4) is 0 Å². The van der Waals surface area contributed by atoms with Crippen LogP contribution in [0.15, 0.2) is 72.3 Å². The van der Waals surface area contributed by atoms with Crippen LogP contribution in [0.2, 0.25) is 0 Å². The molecule has 0 aliphatic carbocycles. The predicted molar refractivity (Wildman–Crippen MR) is 155 cm³/mol. The van der Waals surface area contributed by atoms with Crippen LogP contribution in [0.5, 0.6) is 17.2 Å². The van der Waals surface area contributed by atoms with Gasteiger partial charge in [-0.05, 0) is 30.5 Å². The van der Waals surface area contributed by atoms with Gasteiger partial charge in [-0.1, -0.05) is 17.3 Å². The number of oxime groups is 1. The van der Waals surface area contributed by atoms with Crippen molar-refractivity contribution < 1.29 is 39.1 Å². The maximum atomic E-state index is 11.6. The number of β-lactam (4-membered cyclic amide) rings is 1. The first-order valence-electron chi connectivity index (χ1n) is 12.4. The number of nitrogens with two attached hydrogens (primary N) is 2. The van der Waals surface area contributed by atoms with Crippen LogP contribution in [0.4, 0.5) is 5.13 Å². The molecule has 6 rings (SSSR count). The van der Waals surface area contributed by atoms with Gasteiger partial charge < -0.3 is 41.3 Å². The Labute approximate surface area is 251 Å². The molecule has 0 bridgehead atoms. The number of pyridine rings is 1. The zero-order valence-electron chi connectivity index (χ0n) is 22.3. The number of hydrogen-bond acceptors (Lipinski definition) is 13. The molecule has 43 heavy (non-hydrogen) atoms. The lowest BCUT2D eigenvalue weighted by Crippen LogP contribution is -2.70. The molecule has 6 N–H and O–H groups in total. The molecule has 1 saturated heterocycles. The Kier molecular flexibility index (Phi) is 7.88. The van der Waals surface area contributed by atoms with Crippen molar-refractivity contribution in [3.05, 3.63) is 73.0 Å². The van der Waals surface area contributed by atoms with Crippen molar-refractivity contribution in [2.75, 3.05) is 11.5 Å². The van der Waals surface area contributed by atoms with Gasteiger partial charge in [-0.15, -0.1) is 11.8 Å². The number of benzene rings is 2. The quantitative estimate of drug-likeness (QED) is 0.0576. The summed E-state index contributed by atoms with van der Waals surface area (Å²) in [6.07, 6.45) is 7.06. The highest BCUT2D eigenvalue weighted by Crippen LogP contribution is 2.46. The van der Waals surface area contributed by atoms with E-state index in [0.29, 0.717) is 5.75 Å². The van der Waals surface area contributed by atoms with Crippen LogP contribution >= 0.6 is 23.3 Å².